The van der Waals surface area contributed by atoms with E-state index in [-0.39, 0.29) is 11.6 Å². The van der Waals surface area contributed by atoms with Crippen LogP contribution in [0.5, 0.6) is 0 Å². The predicted octanol–water partition coefficient (Wildman–Crippen LogP) is 2.45. The average molecular weight is 340 g/mol. The summed E-state index contributed by atoms with van der Waals surface area (Å²) in [7, 11) is 0. The van der Waals surface area contributed by atoms with Crippen LogP contribution in [-0.4, -0.2) is 41.9 Å². The van der Waals surface area contributed by atoms with E-state index in [0.717, 1.165) is 11.3 Å². The minimum absolute atomic E-state index is 0.0513. The van der Waals surface area contributed by atoms with Crippen LogP contribution in [0.3, 0.4) is 0 Å². The maximum Gasteiger partial charge on any atom is 0.269 e. The molecule has 0 bridgehead atoms. The third kappa shape index (κ3) is 3.40. The third-order valence-corrected chi connectivity index (χ3v) is 4.55. The first-order chi connectivity index (χ1) is 12.0. The highest BCUT2D eigenvalue weighted by atomic mass is 16.6. The summed E-state index contributed by atoms with van der Waals surface area (Å²) < 4.78 is 0. The average Bonchev–Trinajstić information content (AvgIpc) is 2.64. The topological polar surface area (TPSA) is 92.7 Å². The summed E-state index contributed by atoms with van der Waals surface area (Å²) in [6.07, 6.45) is 0. The Kier molecular flexibility index (Phi) is 4.56. The summed E-state index contributed by atoms with van der Waals surface area (Å²) >= 11 is 0. The van der Waals surface area contributed by atoms with Crippen molar-refractivity contribution in [1.82, 2.24) is 4.90 Å². The Morgan fingerprint density at radius 3 is 2.32 bits per heavy atom. The van der Waals surface area contributed by atoms with Crippen LogP contribution < -0.4 is 10.6 Å². The maximum absolute atomic E-state index is 12.7. The Hall–Kier alpha value is -3.09. The van der Waals surface area contributed by atoms with Gasteiger partial charge in [0.05, 0.1) is 10.5 Å². The molecule has 0 atom stereocenters. The molecule has 0 saturated carbocycles. The summed E-state index contributed by atoms with van der Waals surface area (Å²) in [6, 6.07) is 12.0. The fraction of sp³-hybridized carbons (Fsp3) is 0.278. The molecule has 2 N–H and O–H groups in total. The van der Waals surface area contributed by atoms with E-state index in [9.17, 15) is 14.9 Å². The highest BCUT2D eigenvalue weighted by Crippen LogP contribution is 2.23. The number of hydrogen-bond donors (Lipinski definition) is 1. The number of para-hydroxylation sites is 1. The second-order valence-electron chi connectivity index (χ2n) is 6.09. The van der Waals surface area contributed by atoms with E-state index in [4.69, 9.17) is 5.73 Å². The van der Waals surface area contributed by atoms with Gasteiger partial charge in [-0.1, -0.05) is 12.1 Å². The van der Waals surface area contributed by atoms with Crippen LogP contribution in [0.2, 0.25) is 0 Å². The molecule has 0 aromatic heterocycles. The first kappa shape index (κ1) is 16.8. The molecule has 2 aromatic rings. The number of nitrogens with two attached hydrogens (primary N) is 1. The lowest BCUT2D eigenvalue weighted by Gasteiger charge is -2.36. The number of anilines is 2. The SMILES string of the molecule is Cc1cccc(C(=O)N2CCN(c3ccc([N+](=O)[O-])cc3)CC2)c1N. The maximum atomic E-state index is 12.7. The van der Waals surface area contributed by atoms with Gasteiger partial charge in [0, 0.05) is 49.7 Å². The standard InChI is InChI=1S/C18H20N4O3/c1-13-3-2-4-16(17(13)19)18(23)21-11-9-20(10-12-21)14-5-7-15(8-6-14)22(24)25/h2-8H,9-12,19H2,1H3. The molecule has 1 fully saturated rings. The van der Waals surface area contributed by atoms with Crippen LogP contribution in [0.4, 0.5) is 17.1 Å². The monoisotopic (exact) mass is 340 g/mol. The van der Waals surface area contributed by atoms with Gasteiger partial charge in [0.25, 0.3) is 11.6 Å². The van der Waals surface area contributed by atoms with Gasteiger partial charge in [-0.15, -0.1) is 0 Å². The van der Waals surface area contributed by atoms with Gasteiger partial charge in [-0.25, -0.2) is 0 Å². The number of nitro benzene ring substituents is 1. The first-order valence-electron chi connectivity index (χ1n) is 8.11. The van der Waals surface area contributed by atoms with Gasteiger partial charge in [0.2, 0.25) is 0 Å². The van der Waals surface area contributed by atoms with Gasteiger partial charge in [-0.3, -0.25) is 14.9 Å². The molecule has 130 valence electrons. The molecule has 0 radical (unpaired) electrons. The Balaban J connectivity index is 1.66. The minimum atomic E-state index is -0.410. The van der Waals surface area contributed by atoms with Gasteiger partial charge in [0.1, 0.15) is 0 Å². The summed E-state index contributed by atoms with van der Waals surface area (Å²) in [4.78, 5) is 26.9. The zero-order valence-corrected chi connectivity index (χ0v) is 14.0. The smallest absolute Gasteiger partial charge is 0.269 e. The number of nitrogens with zero attached hydrogens (tertiary/aromatic N) is 3. The van der Waals surface area contributed by atoms with Gasteiger partial charge in [-0.05, 0) is 30.7 Å². The molecular weight excluding hydrogens is 320 g/mol. The van der Waals surface area contributed by atoms with Crippen LogP contribution in [0.1, 0.15) is 15.9 Å². The largest absolute Gasteiger partial charge is 0.398 e. The molecular formula is C18H20N4O3. The Labute approximate surface area is 145 Å². The molecule has 0 unspecified atom stereocenters. The van der Waals surface area contributed by atoms with E-state index in [2.05, 4.69) is 4.90 Å². The van der Waals surface area contributed by atoms with Gasteiger partial charge >= 0.3 is 0 Å². The Morgan fingerprint density at radius 1 is 1.08 bits per heavy atom. The van der Waals surface area contributed by atoms with Crippen molar-refractivity contribution >= 4 is 23.0 Å². The van der Waals surface area contributed by atoms with Gasteiger partial charge < -0.3 is 15.5 Å². The van der Waals surface area contributed by atoms with E-state index >= 15 is 0 Å². The molecule has 1 aliphatic heterocycles. The van der Waals surface area contributed by atoms with Crippen molar-refractivity contribution in [1.29, 1.82) is 0 Å². The van der Waals surface area contributed by atoms with Crippen molar-refractivity contribution in [3.05, 3.63) is 63.7 Å². The normalized spacial score (nSPS) is 14.4. The Bertz CT molecular complexity index is 796. The number of nitro groups is 1. The number of benzene rings is 2. The number of amides is 1. The second-order valence-corrected chi connectivity index (χ2v) is 6.09. The molecule has 7 heteroatoms. The van der Waals surface area contributed by atoms with Crippen LogP contribution >= 0.6 is 0 Å². The molecule has 0 spiro atoms. The quantitative estimate of drug-likeness (QED) is 0.526. The van der Waals surface area contributed by atoms with E-state index in [1.54, 1.807) is 23.1 Å². The number of hydrogen-bond acceptors (Lipinski definition) is 5. The lowest BCUT2D eigenvalue weighted by Crippen LogP contribution is -2.48. The van der Waals surface area contributed by atoms with Crippen molar-refractivity contribution in [3.8, 4) is 0 Å². The molecule has 7 nitrogen and oxygen atoms in total. The first-order valence-corrected chi connectivity index (χ1v) is 8.11. The highest BCUT2D eigenvalue weighted by Gasteiger charge is 2.24. The Morgan fingerprint density at radius 2 is 1.72 bits per heavy atom. The molecule has 25 heavy (non-hydrogen) atoms. The van der Waals surface area contributed by atoms with Crippen molar-refractivity contribution in [2.45, 2.75) is 6.92 Å². The number of non-ortho nitro benzene ring substituents is 1. The fourth-order valence-electron chi connectivity index (χ4n) is 2.99. The van der Waals surface area contributed by atoms with Crippen LogP contribution in [0.25, 0.3) is 0 Å². The van der Waals surface area contributed by atoms with Crippen molar-refractivity contribution in [2.24, 2.45) is 0 Å². The number of nitrogen functional groups attached to an aromatic ring is 1. The zero-order valence-electron chi connectivity index (χ0n) is 14.0. The number of carbonyl (C=O) groups excluding carboxylic acids is 1. The van der Waals surface area contributed by atoms with E-state index in [1.807, 2.05) is 19.1 Å². The lowest BCUT2D eigenvalue weighted by molar-refractivity contribution is -0.384. The van der Waals surface area contributed by atoms with Gasteiger partial charge in [-0.2, -0.15) is 0 Å². The fourth-order valence-corrected chi connectivity index (χ4v) is 2.99. The van der Waals surface area contributed by atoms with Crippen LogP contribution in [-0.2, 0) is 0 Å². The van der Waals surface area contributed by atoms with Crippen molar-refractivity contribution in [2.75, 3.05) is 36.8 Å². The van der Waals surface area contributed by atoms with E-state index < -0.39 is 4.92 Å². The molecule has 1 amide bonds. The number of carbonyl (C=O) groups is 1. The molecule has 1 heterocycles. The second kappa shape index (κ2) is 6.80. The lowest BCUT2D eigenvalue weighted by atomic mass is 10.1. The molecule has 1 aliphatic rings. The summed E-state index contributed by atoms with van der Waals surface area (Å²) in [6.45, 7) is 4.41. The van der Waals surface area contributed by atoms with Crippen LogP contribution in [0, 0.1) is 17.0 Å². The summed E-state index contributed by atoms with van der Waals surface area (Å²) in [5.74, 6) is -0.0513. The van der Waals surface area contributed by atoms with E-state index in [0.29, 0.717) is 37.4 Å². The molecule has 1 saturated heterocycles. The van der Waals surface area contributed by atoms with Crippen LogP contribution in [0.15, 0.2) is 42.5 Å². The predicted molar refractivity (Wildman–Crippen MR) is 96.8 cm³/mol. The number of aryl methyl sites for hydroxylation is 1. The summed E-state index contributed by atoms with van der Waals surface area (Å²) in [5, 5.41) is 10.7. The molecule has 2 aromatic carbocycles. The van der Waals surface area contributed by atoms with Crippen molar-refractivity contribution in [3.63, 3.8) is 0 Å². The summed E-state index contributed by atoms with van der Waals surface area (Å²) in [5.41, 5.74) is 9.01. The number of piperazine rings is 1. The minimum Gasteiger partial charge on any atom is -0.398 e. The third-order valence-electron chi connectivity index (χ3n) is 4.55. The highest BCUT2D eigenvalue weighted by molar-refractivity contribution is 5.99. The van der Waals surface area contributed by atoms with Crippen molar-refractivity contribution < 1.29 is 9.72 Å². The number of rotatable bonds is 3. The van der Waals surface area contributed by atoms with E-state index in [1.165, 1.54) is 12.1 Å². The van der Waals surface area contributed by atoms with Gasteiger partial charge in [0.15, 0.2) is 0 Å². The molecule has 0 aliphatic carbocycles. The molecule has 3 rings (SSSR count). The zero-order chi connectivity index (χ0) is 18.0.